The predicted molar refractivity (Wildman–Crippen MR) is 89.4 cm³/mol. The van der Waals surface area contributed by atoms with Crippen LogP contribution in [0.1, 0.15) is 35.2 Å². The van der Waals surface area contributed by atoms with Crippen LogP contribution in [-0.2, 0) is 0 Å². The van der Waals surface area contributed by atoms with Gasteiger partial charge in [0.25, 0.3) is 0 Å². The fraction of sp³-hybridized carbons (Fsp3) is 0.158. The van der Waals surface area contributed by atoms with Crippen LogP contribution >= 0.6 is 0 Å². The Balaban J connectivity index is 2.09. The molecule has 0 saturated carbocycles. The lowest BCUT2D eigenvalue weighted by Gasteiger charge is -2.28. The fourth-order valence-corrected chi connectivity index (χ4v) is 2.70. The zero-order valence-electron chi connectivity index (χ0n) is 12.5. The predicted octanol–water partition coefficient (Wildman–Crippen LogP) is 4.01. The van der Waals surface area contributed by atoms with Crippen LogP contribution in [0, 0.1) is 0 Å². The highest BCUT2D eigenvalue weighted by molar-refractivity contribution is 5.89. The van der Waals surface area contributed by atoms with Gasteiger partial charge >= 0.3 is 0 Å². The third-order valence-electron chi connectivity index (χ3n) is 4.02. The second-order valence-corrected chi connectivity index (χ2v) is 5.56. The summed E-state index contributed by atoms with van der Waals surface area (Å²) < 4.78 is 0. The van der Waals surface area contributed by atoms with Gasteiger partial charge in [-0.1, -0.05) is 55.1 Å². The standard InChI is InChI=1S/C19H20N2/c1-13(20)15-8-10-16(11-9-15)19-12-21(3)14(2)17-6-4-5-7-18(17)19/h4-13H,2,20H2,1,3H3/t13-/m1/s1. The van der Waals surface area contributed by atoms with E-state index in [9.17, 15) is 0 Å². The number of benzene rings is 2. The smallest absolute Gasteiger partial charge is 0.0410 e. The monoisotopic (exact) mass is 276 g/mol. The lowest BCUT2D eigenvalue weighted by Crippen LogP contribution is -2.15. The van der Waals surface area contributed by atoms with Crippen molar-refractivity contribution in [1.29, 1.82) is 0 Å². The van der Waals surface area contributed by atoms with E-state index in [0.717, 1.165) is 11.3 Å². The minimum Gasteiger partial charge on any atom is -0.350 e. The Labute approximate surface area is 126 Å². The van der Waals surface area contributed by atoms with Gasteiger partial charge in [0.15, 0.2) is 0 Å². The second-order valence-electron chi connectivity index (χ2n) is 5.56. The molecule has 1 atom stereocenters. The van der Waals surface area contributed by atoms with Crippen molar-refractivity contribution in [3.8, 4) is 0 Å². The van der Waals surface area contributed by atoms with Crippen molar-refractivity contribution in [2.24, 2.45) is 5.73 Å². The number of hydrogen-bond donors (Lipinski definition) is 1. The van der Waals surface area contributed by atoms with Crippen LogP contribution in [0.3, 0.4) is 0 Å². The fourth-order valence-electron chi connectivity index (χ4n) is 2.70. The van der Waals surface area contributed by atoms with E-state index >= 15 is 0 Å². The Kier molecular flexibility index (Phi) is 3.40. The Morgan fingerprint density at radius 2 is 1.62 bits per heavy atom. The summed E-state index contributed by atoms with van der Waals surface area (Å²) in [6.45, 7) is 6.17. The molecule has 106 valence electrons. The maximum atomic E-state index is 5.92. The van der Waals surface area contributed by atoms with Gasteiger partial charge in [0.05, 0.1) is 0 Å². The van der Waals surface area contributed by atoms with Crippen LogP contribution in [0.2, 0.25) is 0 Å². The van der Waals surface area contributed by atoms with E-state index in [0.29, 0.717) is 0 Å². The molecule has 21 heavy (non-hydrogen) atoms. The summed E-state index contributed by atoms with van der Waals surface area (Å²) in [7, 11) is 2.04. The lowest BCUT2D eigenvalue weighted by atomic mass is 9.90. The van der Waals surface area contributed by atoms with Crippen molar-refractivity contribution in [3.05, 3.63) is 83.6 Å². The summed E-state index contributed by atoms with van der Waals surface area (Å²) >= 11 is 0. The quantitative estimate of drug-likeness (QED) is 0.898. The first-order chi connectivity index (χ1) is 10.1. The van der Waals surface area contributed by atoms with E-state index < -0.39 is 0 Å². The number of nitrogens with two attached hydrogens (primary N) is 1. The highest BCUT2D eigenvalue weighted by Crippen LogP contribution is 2.35. The molecule has 1 aliphatic heterocycles. The van der Waals surface area contributed by atoms with Crippen molar-refractivity contribution < 1.29 is 0 Å². The highest BCUT2D eigenvalue weighted by atomic mass is 15.1. The van der Waals surface area contributed by atoms with E-state index in [2.05, 4.69) is 66.2 Å². The Bertz CT molecular complexity index is 709. The molecule has 0 aromatic heterocycles. The van der Waals surface area contributed by atoms with Crippen molar-refractivity contribution in [2.75, 3.05) is 7.05 Å². The molecule has 0 radical (unpaired) electrons. The third kappa shape index (κ3) is 2.39. The molecule has 1 heterocycles. The number of hydrogen-bond acceptors (Lipinski definition) is 2. The van der Waals surface area contributed by atoms with Crippen molar-refractivity contribution in [2.45, 2.75) is 13.0 Å². The molecule has 3 rings (SSSR count). The van der Waals surface area contributed by atoms with E-state index in [4.69, 9.17) is 5.73 Å². The zero-order chi connectivity index (χ0) is 15.0. The van der Waals surface area contributed by atoms with Crippen LogP contribution < -0.4 is 5.73 Å². The minimum absolute atomic E-state index is 0.0640. The summed E-state index contributed by atoms with van der Waals surface area (Å²) in [4.78, 5) is 2.08. The molecule has 2 aromatic carbocycles. The summed E-state index contributed by atoms with van der Waals surface area (Å²) in [5.74, 6) is 0. The first-order valence-corrected chi connectivity index (χ1v) is 7.17. The van der Waals surface area contributed by atoms with Gasteiger partial charge in [-0.15, -0.1) is 0 Å². The molecular weight excluding hydrogens is 256 g/mol. The normalized spacial score (nSPS) is 15.5. The second kappa shape index (κ2) is 5.23. The van der Waals surface area contributed by atoms with Crippen molar-refractivity contribution in [3.63, 3.8) is 0 Å². The molecule has 0 unspecified atom stereocenters. The molecule has 0 saturated heterocycles. The van der Waals surface area contributed by atoms with Gasteiger partial charge in [-0.3, -0.25) is 0 Å². The molecule has 0 bridgehead atoms. The van der Waals surface area contributed by atoms with E-state index in [1.807, 2.05) is 14.0 Å². The maximum absolute atomic E-state index is 5.92. The minimum atomic E-state index is 0.0640. The van der Waals surface area contributed by atoms with Gasteiger partial charge in [-0.2, -0.15) is 0 Å². The summed E-state index contributed by atoms with van der Waals surface area (Å²) in [6.07, 6.45) is 2.14. The Morgan fingerprint density at radius 1 is 1.00 bits per heavy atom. The van der Waals surface area contributed by atoms with Gasteiger partial charge in [0, 0.05) is 36.1 Å². The van der Waals surface area contributed by atoms with Crippen LogP contribution in [0.5, 0.6) is 0 Å². The number of fused-ring (bicyclic) bond motifs is 1. The summed E-state index contributed by atoms with van der Waals surface area (Å²) in [5, 5.41) is 0. The molecular formula is C19H20N2. The van der Waals surface area contributed by atoms with Crippen LogP contribution in [0.25, 0.3) is 11.3 Å². The lowest BCUT2D eigenvalue weighted by molar-refractivity contribution is 0.653. The largest absolute Gasteiger partial charge is 0.350 e. The molecule has 0 amide bonds. The zero-order valence-corrected chi connectivity index (χ0v) is 12.5. The number of rotatable bonds is 2. The maximum Gasteiger partial charge on any atom is 0.0410 e. The molecule has 2 N–H and O–H groups in total. The summed E-state index contributed by atoms with van der Waals surface area (Å²) in [6, 6.07) is 17.0. The highest BCUT2D eigenvalue weighted by Gasteiger charge is 2.19. The molecule has 0 fully saturated rings. The third-order valence-corrected chi connectivity index (χ3v) is 4.02. The Hall–Kier alpha value is -2.32. The van der Waals surface area contributed by atoms with Gasteiger partial charge in [0.1, 0.15) is 0 Å². The van der Waals surface area contributed by atoms with Crippen LogP contribution in [-0.4, -0.2) is 11.9 Å². The van der Waals surface area contributed by atoms with Gasteiger partial charge < -0.3 is 10.6 Å². The molecule has 0 aliphatic carbocycles. The summed E-state index contributed by atoms with van der Waals surface area (Å²) in [5.41, 5.74) is 12.9. The Morgan fingerprint density at radius 3 is 2.24 bits per heavy atom. The first kappa shape index (κ1) is 13.7. The average Bonchev–Trinajstić information content (AvgIpc) is 2.51. The topological polar surface area (TPSA) is 29.3 Å². The average molecular weight is 276 g/mol. The van der Waals surface area contributed by atoms with Gasteiger partial charge in [-0.25, -0.2) is 0 Å². The molecule has 1 aliphatic rings. The number of nitrogens with zero attached hydrogens (tertiary/aromatic N) is 1. The van der Waals surface area contributed by atoms with Gasteiger partial charge in [0.2, 0.25) is 0 Å². The molecule has 2 nitrogen and oxygen atoms in total. The molecule has 0 spiro atoms. The van der Waals surface area contributed by atoms with Gasteiger partial charge in [-0.05, 0) is 23.6 Å². The van der Waals surface area contributed by atoms with Crippen LogP contribution in [0.15, 0.2) is 61.3 Å². The van der Waals surface area contributed by atoms with E-state index in [1.54, 1.807) is 0 Å². The van der Waals surface area contributed by atoms with Crippen molar-refractivity contribution in [1.82, 2.24) is 4.90 Å². The van der Waals surface area contributed by atoms with E-state index in [-0.39, 0.29) is 6.04 Å². The molecule has 2 aromatic rings. The van der Waals surface area contributed by atoms with E-state index in [1.165, 1.54) is 22.3 Å². The first-order valence-electron chi connectivity index (χ1n) is 7.17. The van der Waals surface area contributed by atoms with Crippen molar-refractivity contribution >= 4 is 11.3 Å². The van der Waals surface area contributed by atoms with Crippen LogP contribution in [0.4, 0.5) is 0 Å². The molecule has 2 heteroatoms. The SMILES string of the molecule is C=C1c2ccccc2C(c2ccc([C@@H](C)N)cc2)=CN1C.